The first kappa shape index (κ1) is 19.5. The van der Waals surface area contributed by atoms with Crippen LogP contribution in [0.3, 0.4) is 0 Å². The van der Waals surface area contributed by atoms with Gasteiger partial charge in [0.1, 0.15) is 12.7 Å². The number of morpholine rings is 1. The largest absolute Gasteiger partial charge is 0.475 e. The number of rotatable bonds is 5. The lowest BCUT2D eigenvalue weighted by Crippen LogP contribution is -2.48. The van der Waals surface area contributed by atoms with Crippen LogP contribution in [0.2, 0.25) is 10.0 Å². The number of carbonyl (C=O) groups excluding carboxylic acids is 1. The predicted octanol–water partition coefficient (Wildman–Crippen LogP) is 4.45. The first-order valence-corrected chi connectivity index (χ1v) is 10.5. The summed E-state index contributed by atoms with van der Waals surface area (Å²) in [5, 5.41) is 4.32. The predicted molar refractivity (Wildman–Crippen MR) is 112 cm³/mol. The maximum Gasteiger partial charge on any atom is 0.227 e. The highest BCUT2D eigenvalue weighted by atomic mass is 35.5. The molecular formula is C20H18Cl2N2O3S. The number of thiophene rings is 1. The van der Waals surface area contributed by atoms with Crippen LogP contribution in [-0.2, 0) is 16.0 Å². The highest BCUT2D eigenvalue weighted by molar-refractivity contribution is 7.17. The number of aromatic nitrogens is 1. The summed E-state index contributed by atoms with van der Waals surface area (Å²) < 4.78 is 12.5. The molecule has 1 unspecified atom stereocenters. The van der Waals surface area contributed by atoms with E-state index in [1.54, 1.807) is 23.5 Å². The zero-order chi connectivity index (χ0) is 19.5. The van der Waals surface area contributed by atoms with Crippen LogP contribution in [0.1, 0.15) is 5.56 Å². The third-order valence-electron chi connectivity index (χ3n) is 4.57. The molecule has 0 saturated carbocycles. The van der Waals surface area contributed by atoms with E-state index in [1.807, 2.05) is 28.5 Å². The molecule has 2 aromatic heterocycles. The molecule has 1 saturated heterocycles. The highest BCUT2D eigenvalue weighted by Crippen LogP contribution is 2.29. The van der Waals surface area contributed by atoms with Crippen molar-refractivity contribution in [2.24, 2.45) is 0 Å². The molecule has 1 aromatic carbocycles. The maximum absolute atomic E-state index is 12.8. The van der Waals surface area contributed by atoms with Gasteiger partial charge in [-0.15, -0.1) is 11.3 Å². The monoisotopic (exact) mass is 436 g/mol. The van der Waals surface area contributed by atoms with Gasteiger partial charge in [0, 0.05) is 28.5 Å². The topological polar surface area (TPSA) is 51.7 Å². The number of amides is 1. The third-order valence-corrected chi connectivity index (χ3v) is 6.04. The number of hydrogen-bond donors (Lipinski definition) is 0. The fourth-order valence-corrected chi connectivity index (χ4v) is 4.37. The van der Waals surface area contributed by atoms with E-state index in [4.69, 9.17) is 32.7 Å². The number of carbonyl (C=O) groups is 1. The second-order valence-corrected chi connectivity index (χ2v) is 8.32. The molecular weight excluding hydrogens is 419 g/mol. The fourth-order valence-electron chi connectivity index (χ4n) is 3.14. The van der Waals surface area contributed by atoms with E-state index in [9.17, 15) is 4.79 Å². The number of nitrogens with zero attached hydrogens (tertiary/aromatic N) is 2. The molecule has 1 atom stereocenters. The average Bonchev–Trinajstić information content (AvgIpc) is 3.09. The Bertz CT molecular complexity index is 977. The van der Waals surface area contributed by atoms with Gasteiger partial charge in [-0.3, -0.25) is 4.79 Å². The fraction of sp³-hybridized carbons (Fsp3) is 0.300. The molecule has 0 spiro atoms. The van der Waals surface area contributed by atoms with Crippen LogP contribution in [0.15, 0.2) is 41.9 Å². The molecule has 5 nitrogen and oxygen atoms in total. The molecule has 0 aliphatic carbocycles. The van der Waals surface area contributed by atoms with Gasteiger partial charge in [0.2, 0.25) is 11.8 Å². The van der Waals surface area contributed by atoms with E-state index >= 15 is 0 Å². The molecule has 1 aliphatic heterocycles. The summed E-state index contributed by atoms with van der Waals surface area (Å²) in [4.78, 5) is 18.8. The molecule has 0 bridgehead atoms. The van der Waals surface area contributed by atoms with E-state index in [1.165, 1.54) is 6.20 Å². The van der Waals surface area contributed by atoms with E-state index in [2.05, 4.69) is 4.98 Å². The first-order valence-electron chi connectivity index (χ1n) is 8.88. The molecule has 3 heterocycles. The lowest BCUT2D eigenvalue weighted by molar-refractivity contribution is -0.139. The van der Waals surface area contributed by atoms with Crippen LogP contribution in [0.25, 0.3) is 10.1 Å². The third kappa shape index (κ3) is 4.58. The molecule has 0 radical (unpaired) electrons. The average molecular weight is 437 g/mol. The minimum atomic E-state index is -0.191. The first-order chi connectivity index (χ1) is 13.6. The van der Waals surface area contributed by atoms with Crippen LogP contribution in [0, 0.1) is 0 Å². The molecule has 28 heavy (non-hydrogen) atoms. The number of pyridine rings is 1. The Morgan fingerprint density at radius 3 is 2.96 bits per heavy atom. The molecule has 1 amide bonds. The second-order valence-electron chi connectivity index (χ2n) is 6.54. The summed E-state index contributed by atoms with van der Waals surface area (Å²) in [6.45, 7) is 1.89. The van der Waals surface area contributed by atoms with Crippen molar-refractivity contribution in [2.45, 2.75) is 12.5 Å². The van der Waals surface area contributed by atoms with E-state index < -0.39 is 0 Å². The van der Waals surface area contributed by atoms with Crippen molar-refractivity contribution in [3.05, 3.63) is 57.5 Å². The second kappa shape index (κ2) is 8.66. The molecule has 8 heteroatoms. The summed E-state index contributed by atoms with van der Waals surface area (Å²) >= 11 is 13.6. The van der Waals surface area contributed by atoms with Crippen molar-refractivity contribution in [2.75, 3.05) is 26.3 Å². The minimum absolute atomic E-state index is 0.0811. The van der Waals surface area contributed by atoms with Gasteiger partial charge in [-0.1, -0.05) is 23.2 Å². The van der Waals surface area contributed by atoms with Crippen LogP contribution < -0.4 is 4.74 Å². The lowest BCUT2D eigenvalue weighted by atomic mass is 10.1. The van der Waals surface area contributed by atoms with Crippen molar-refractivity contribution in [1.29, 1.82) is 0 Å². The quantitative estimate of drug-likeness (QED) is 0.592. The van der Waals surface area contributed by atoms with Crippen molar-refractivity contribution in [1.82, 2.24) is 9.88 Å². The van der Waals surface area contributed by atoms with Gasteiger partial charge in [0.25, 0.3) is 0 Å². The molecule has 146 valence electrons. The van der Waals surface area contributed by atoms with Crippen LogP contribution in [-0.4, -0.2) is 48.2 Å². The van der Waals surface area contributed by atoms with E-state index in [-0.39, 0.29) is 12.0 Å². The van der Waals surface area contributed by atoms with Gasteiger partial charge in [-0.25, -0.2) is 4.98 Å². The SMILES string of the molecule is O=C(Cc1csc2ccc(Cl)cc12)N1CCOC(COc2ccc(Cl)cn2)C1. The Balaban J connectivity index is 1.36. The van der Waals surface area contributed by atoms with Gasteiger partial charge in [-0.2, -0.15) is 0 Å². The molecule has 0 N–H and O–H groups in total. The van der Waals surface area contributed by atoms with Crippen molar-refractivity contribution >= 4 is 50.5 Å². The molecule has 1 fully saturated rings. The zero-order valence-electron chi connectivity index (χ0n) is 14.9. The Labute approximate surface area is 176 Å². The number of ether oxygens (including phenoxy) is 2. The Morgan fingerprint density at radius 2 is 2.14 bits per heavy atom. The number of fused-ring (bicyclic) bond motifs is 1. The lowest BCUT2D eigenvalue weighted by Gasteiger charge is -2.32. The van der Waals surface area contributed by atoms with Crippen LogP contribution in [0.5, 0.6) is 5.88 Å². The van der Waals surface area contributed by atoms with Gasteiger partial charge in [0.15, 0.2) is 0 Å². The van der Waals surface area contributed by atoms with Crippen LogP contribution in [0.4, 0.5) is 0 Å². The van der Waals surface area contributed by atoms with Gasteiger partial charge >= 0.3 is 0 Å². The smallest absolute Gasteiger partial charge is 0.227 e. The highest BCUT2D eigenvalue weighted by Gasteiger charge is 2.25. The standard InChI is InChI=1S/C20H18Cl2N2O3S/c21-14-1-3-18-17(8-14)13(12-28-18)7-20(25)24-5-6-26-16(10-24)11-27-19-4-2-15(22)9-23-19/h1-4,8-9,12,16H,5-7,10-11H2. The zero-order valence-corrected chi connectivity index (χ0v) is 17.3. The van der Waals surface area contributed by atoms with E-state index in [0.717, 1.165) is 15.6 Å². The van der Waals surface area contributed by atoms with Crippen molar-refractivity contribution in [3.8, 4) is 5.88 Å². The molecule has 4 rings (SSSR count). The summed E-state index contributed by atoms with van der Waals surface area (Å²) in [6, 6.07) is 9.21. The maximum atomic E-state index is 12.8. The normalized spacial score (nSPS) is 17.1. The van der Waals surface area contributed by atoms with E-state index in [0.29, 0.717) is 48.6 Å². The van der Waals surface area contributed by atoms with Gasteiger partial charge in [0.05, 0.1) is 24.6 Å². The minimum Gasteiger partial charge on any atom is -0.475 e. The van der Waals surface area contributed by atoms with Crippen molar-refractivity contribution in [3.63, 3.8) is 0 Å². The molecule has 1 aliphatic rings. The summed E-state index contributed by atoms with van der Waals surface area (Å²) in [6.07, 6.45) is 1.70. The number of hydrogen-bond acceptors (Lipinski definition) is 5. The Morgan fingerprint density at radius 1 is 1.29 bits per heavy atom. The number of halogens is 2. The Kier molecular flexibility index (Phi) is 6.01. The van der Waals surface area contributed by atoms with Gasteiger partial charge < -0.3 is 14.4 Å². The number of benzene rings is 1. The Hall–Kier alpha value is -1.86. The summed E-state index contributed by atoms with van der Waals surface area (Å²) in [7, 11) is 0. The van der Waals surface area contributed by atoms with Gasteiger partial charge in [-0.05, 0) is 40.6 Å². The van der Waals surface area contributed by atoms with Crippen molar-refractivity contribution < 1.29 is 14.3 Å². The summed E-state index contributed by atoms with van der Waals surface area (Å²) in [5.74, 6) is 0.565. The molecule has 3 aromatic rings. The van der Waals surface area contributed by atoms with Crippen LogP contribution >= 0.6 is 34.5 Å². The summed E-state index contributed by atoms with van der Waals surface area (Å²) in [5.41, 5.74) is 1.01.